The molecule has 0 saturated carbocycles. The summed E-state index contributed by atoms with van der Waals surface area (Å²) in [6.07, 6.45) is 2.06. The van der Waals surface area contributed by atoms with Gasteiger partial charge >= 0.3 is 0 Å². The number of aryl methyl sites for hydroxylation is 1. The van der Waals surface area contributed by atoms with Gasteiger partial charge in [-0.25, -0.2) is 0 Å². The Hall–Kier alpha value is -0.790. The molecular weight excluding hydrogens is 76.1 g/mol. The molecule has 1 aromatic heterocycles. The zero-order valence-corrected chi connectivity index (χ0v) is 3.55. The summed E-state index contributed by atoms with van der Waals surface area (Å²) in [5.41, 5.74) is 0. The van der Waals surface area contributed by atoms with E-state index in [9.17, 15) is 0 Å². The maximum absolute atomic E-state index is 6.88. The van der Waals surface area contributed by atoms with Gasteiger partial charge in [0.15, 0.2) is 0 Å². The van der Waals surface area contributed by atoms with E-state index in [1.807, 2.05) is 0 Å². The van der Waals surface area contributed by atoms with Crippen molar-refractivity contribution in [3.8, 4) is 0 Å². The van der Waals surface area contributed by atoms with E-state index in [2.05, 4.69) is 5.10 Å². The minimum atomic E-state index is 0.322. The van der Waals surface area contributed by atoms with Gasteiger partial charge in [0.25, 0.3) is 0 Å². The van der Waals surface area contributed by atoms with E-state index < -0.39 is 0 Å². The van der Waals surface area contributed by atoms with E-state index in [1.54, 1.807) is 24.0 Å². The normalized spacial score (nSPS) is 11.2. The number of nitrogens with zero attached hydrogens (tertiary/aromatic N) is 2. The van der Waals surface area contributed by atoms with Crippen LogP contribution >= 0.6 is 0 Å². The Labute approximate surface area is 37.8 Å². The molecular formula is C4H6N2. The van der Waals surface area contributed by atoms with Gasteiger partial charge in [-0.15, -0.1) is 0 Å². The van der Waals surface area contributed by atoms with Crippen LogP contribution in [0.2, 0.25) is 0 Å². The van der Waals surface area contributed by atoms with Crippen LogP contribution in [0, 0.1) is 0 Å². The van der Waals surface area contributed by atoms with Crippen LogP contribution in [0.4, 0.5) is 0 Å². The number of hydrogen-bond acceptors (Lipinski definition) is 1. The molecule has 1 heterocycles. The molecule has 0 amide bonds. The second kappa shape index (κ2) is 1.12. The maximum Gasteiger partial charge on any atom is 0.0860 e. The molecule has 0 aliphatic rings. The first-order valence-electron chi connectivity index (χ1n) is 2.25. The van der Waals surface area contributed by atoms with Gasteiger partial charge in [0, 0.05) is 19.4 Å². The fourth-order valence-corrected chi connectivity index (χ4v) is 0.299. The highest BCUT2D eigenvalue weighted by atomic mass is 15.2. The Morgan fingerprint density at radius 2 is 2.83 bits per heavy atom. The van der Waals surface area contributed by atoms with Crippen molar-refractivity contribution in [1.29, 1.82) is 0 Å². The molecule has 0 atom stereocenters. The van der Waals surface area contributed by atoms with Crippen molar-refractivity contribution < 1.29 is 1.37 Å². The highest BCUT2D eigenvalue weighted by molar-refractivity contribution is 4.75. The van der Waals surface area contributed by atoms with E-state index in [1.165, 1.54) is 0 Å². The predicted molar refractivity (Wildman–Crippen MR) is 23.2 cm³/mol. The van der Waals surface area contributed by atoms with Crippen molar-refractivity contribution in [3.05, 3.63) is 18.4 Å². The lowest BCUT2D eigenvalue weighted by molar-refractivity contribution is 0.768. The van der Waals surface area contributed by atoms with Crippen LogP contribution < -0.4 is 0 Å². The van der Waals surface area contributed by atoms with Crippen LogP contribution in [0.25, 0.3) is 0 Å². The molecule has 0 fully saturated rings. The molecule has 32 valence electrons. The zero-order valence-electron chi connectivity index (χ0n) is 4.55. The van der Waals surface area contributed by atoms with Gasteiger partial charge in [-0.3, -0.25) is 4.68 Å². The van der Waals surface area contributed by atoms with Crippen molar-refractivity contribution in [3.63, 3.8) is 0 Å². The lowest BCUT2D eigenvalue weighted by atomic mass is 10.8. The molecule has 0 aliphatic carbocycles. The van der Waals surface area contributed by atoms with Gasteiger partial charge < -0.3 is 0 Å². The monoisotopic (exact) mass is 83.1 g/mol. The second-order valence-corrected chi connectivity index (χ2v) is 1.12. The van der Waals surface area contributed by atoms with E-state index >= 15 is 0 Å². The first-order valence-corrected chi connectivity index (χ1v) is 1.75. The third kappa shape index (κ3) is 0.407. The summed E-state index contributed by atoms with van der Waals surface area (Å²) >= 11 is 0. The number of aromatic nitrogens is 2. The standard InChI is InChI=1S/C4H6N2/c1-6-4-2-3-5-6/h2-4H,1H3/i3D. The van der Waals surface area contributed by atoms with Crippen molar-refractivity contribution in [2.45, 2.75) is 0 Å². The van der Waals surface area contributed by atoms with Crippen LogP contribution in [-0.4, -0.2) is 9.78 Å². The summed E-state index contributed by atoms with van der Waals surface area (Å²) in [5.74, 6) is 0. The smallest absolute Gasteiger partial charge is 0.0860 e. The van der Waals surface area contributed by atoms with Crippen molar-refractivity contribution in [2.24, 2.45) is 7.05 Å². The summed E-state index contributed by atoms with van der Waals surface area (Å²) in [5, 5.41) is 3.69. The Morgan fingerprint density at radius 3 is 3.00 bits per heavy atom. The van der Waals surface area contributed by atoms with Gasteiger partial charge in [-0.2, -0.15) is 5.10 Å². The van der Waals surface area contributed by atoms with Crippen LogP contribution in [0.3, 0.4) is 0 Å². The van der Waals surface area contributed by atoms with Crippen LogP contribution in [0.5, 0.6) is 0 Å². The van der Waals surface area contributed by atoms with Gasteiger partial charge in [-0.05, 0) is 6.07 Å². The highest BCUT2D eigenvalue weighted by Gasteiger charge is 1.69. The minimum absolute atomic E-state index is 0.322. The zero-order chi connectivity index (χ0) is 5.28. The first-order chi connectivity index (χ1) is 3.29. The lowest BCUT2D eigenvalue weighted by Gasteiger charge is -1.77. The third-order valence-corrected chi connectivity index (χ3v) is 0.580. The molecule has 0 N–H and O–H groups in total. The van der Waals surface area contributed by atoms with Crippen molar-refractivity contribution in [1.82, 2.24) is 9.78 Å². The Kier molecular flexibility index (Phi) is 0.449. The average Bonchev–Trinajstić information content (AvgIpc) is 1.87. The Morgan fingerprint density at radius 1 is 2.00 bits per heavy atom. The Balaban J connectivity index is 3.04. The molecule has 0 spiro atoms. The molecule has 1 rings (SSSR count). The second-order valence-electron chi connectivity index (χ2n) is 1.12. The van der Waals surface area contributed by atoms with Gasteiger partial charge in [0.1, 0.15) is 0 Å². The molecule has 2 nitrogen and oxygen atoms in total. The third-order valence-electron chi connectivity index (χ3n) is 0.580. The van der Waals surface area contributed by atoms with Gasteiger partial charge in [-0.1, -0.05) is 0 Å². The topological polar surface area (TPSA) is 17.8 Å². The number of rotatable bonds is 0. The maximum atomic E-state index is 6.88. The summed E-state index contributed by atoms with van der Waals surface area (Å²) in [6.45, 7) is 0. The molecule has 0 aliphatic heterocycles. The summed E-state index contributed by atoms with van der Waals surface area (Å²) in [7, 11) is 1.79. The molecule has 2 heteroatoms. The summed E-state index contributed by atoms with van der Waals surface area (Å²) in [4.78, 5) is 0. The lowest BCUT2D eigenvalue weighted by Crippen LogP contribution is -1.83. The fourth-order valence-electron chi connectivity index (χ4n) is 0.299. The van der Waals surface area contributed by atoms with Gasteiger partial charge in [0.05, 0.1) is 1.37 Å². The molecule has 0 radical (unpaired) electrons. The summed E-state index contributed by atoms with van der Waals surface area (Å²) in [6, 6.07) is 1.64. The highest BCUT2D eigenvalue weighted by Crippen LogP contribution is 1.73. The van der Waals surface area contributed by atoms with Gasteiger partial charge in [0.2, 0.25) is 0 Å². The van der Waals surface area contributed by atoms with E-state index in [0.717, 1.165) is 0 Å². The predicted octanol–water partition coefficient (Wildman–Crippen LogP) is 0.420. The van der Waals surface area contributed by atoms with Crippen molar-refractivity contribution >= 4 is 0 Å². The van der Waals surface area contributed by atoms with E-state index in [-0.39, 0.29) is 0 Å². The SMILES string of the molecule is [2H]c1ccn(C)n1. The van der Waals surface area contributed by atoms with Crippen LogP contribution in [-0.2, 0) is 7.05 Å². The molecule has 1 aromatic rings. The molecule has 0 saturated heterocycles. The summed E-state index contributed by atoms with van der Waals surface area (Å²) < 4.78 is 8.48. The van der Waals surface area contributed by atoms with E-state index in [0.29, 0.717) is 6.17 Å². The molecule has 6 heavy (non-hydrogen) atoms. The first kappa shape index (κ1) is 2.39. The molecule has 0 unspecified atom stereocenters. The molecule has 0 aromatic carbocycles. The average molecular weight is 83.1 g/mol. The minimum Gasteiger partial charge on any atom is -0.276 e. The quantitative estimate of drug-likeness (QED) is 0.444. The van der Waals surface area contributed by atoms with Crippen molar-refractivity contribution in [2.75, 3.05) is 0 Å². The molecule has 0 bridgehead atoms. The number of hydrogen-bond donors (Lipinski definition) is 0. The van der Waals surface area contributed by atoms with Crippen LogP contribution in [0.15, 0.2) is 18.4 Å². The van der Waals surface area contributed by atoms with E-state index in [4.69, 9.17) is 1.37 Å². The largest absolute Gasteiger partial charge is 0.276 e. The Bertz CT molecular complexity index is 142. The fraction of sp³-hybridized carbons (Fsp3) is 0.250. The van der Waals surface area contributed by atoms with Crippen LogP contribution in [0.1, 0.15) is 1.37 Å².